The highest BCUT2D eigenvalue weighted by atomic mass is 35.5. The molecule has 1 atom stereocenters. The van der Waals surface area contributed by atoms with Crippen LogP contribution in [0.25, 0.3) is 16.9 Å². The van der Waals surface area contributed by atoms with Crippen molar-refractivity contribution in [3.8, 4) is 11.3 Å². The third kappa shape index (κ3) is 3.31. The largest absolute Gasteiger partial charge is 0.373 e. The van der Waals surface area contributed by atoms with E-state index in [-0.39, 0.29) is 29.2 Å². The van der Waals surface area contributed by atoms with Crippen molar-refractivity contribution in [3.05, 3.63) is 57.9 Å². The fraction of sp³-hybridized carbons (Fsp3) is 0.333. The van der Waals surface area contributed by atoms with E-state index >= 15 is 4.39 Å². The van der Waals surface area contributed by atoms with E-state index in [9.17, 15) is 9.18 Å². The Labute approximate surface area is 166 Å². The first kappa shape index (κ1) is 19.0. The molecule has 4 rings (SSSR count). The number of nitrogens with zero attached hydrogens (tertiary/aromatic N) is 2. The van der Waals surface area contributed by atoms with Crippen molar-refractivity contribution < 1.29 is 18.3 Å². The van der Waals surface area contributed by atoms with E-state index in [0.29, 0.717) is 35.8 Å². The molecule has 0 amide bonds. The number of ketones is 1. The minimum absolute atomic E-state index is 0.0351. The number of hydrogen-bond donors (Lipinski definition) is 0. The Hall–Kier alpha value is -2.31. The highest BCUT2D eigenvalue weighted by Crippen LogP contribution is 2.35. The quantitative estimate of drug-likeness (QED) is 0.421. The lowest BCUT2D eigenvalue weighted by molar-refractivity contribution is 0.0977. The summed E-state index contributed by atoms with van der Waals surface area (Å²) in [5, 5.41) is 0.502. The van der Waals surface area contributed by atoms with E-state index in [0.717, 1.165) is 11.8 Å². The summed E-state index contributed by atoms with van der Waals surface area (Å²) in [4.78, 5) is 16.7. The highest BCUT2D eigenvalue weighted by molar-refractivity contribution is 6.30. The molecule has 7 heteroatoms. The molecule has 2 aromatic heterocycles. The van der Waals surface area contributed by atoms with Crippen molar-refractivity contribution in [2.24, 2.45) is 0 Å². The lowest BCUT2D eigenvalue weighted by Gasteiger charge is -2.12. The van der Waals surface area contributed by atoms with Crippen LogP contribution in [0.3, 0.4) is 0 Å². The van der Waals surface area contributed by atoms with Gasteiger partial charge >= 0.3 is 0 Å². The fourth-order valence-electron chi connectivity index (χ4n) is 3.48. The molecule has 1 unspecified atom stereocenters. The number of carbonyl (C=O) groups excluding carboxylic acids is 1. The lowest BCUT2D eigenvalue weighted by Crippen LogP contribution is -2.08. The predicted octanol–water partition coefficient (Wildman–Crippen LogP) is 5.17. The second-order valence-corrected chi connectivity index (χ2v) is 7.47. The number of rotatable bonds is 6. The number of ether oxygens (including phenoxy) is 1. The average molecular weight is 405 g/mol. The molecule has 4 nitrogen and oxygen atoms in total. The molecule has 1 aliphatic rings. The van der Waals surface area contributed by atoms with Gasteiger partial charge in [-0.05, 0) is 31.0 Å². The molecule has 0 aliphatic carbocycles. The minimum atomic E-state index is -0.696. The Morgan fingerprint density at radius 1 is 1.39 bits per heavy atom. The summed E-state index contributed by atoms with van der Waals surface area (Å²) in [6.45, 7) is 3.92. The number of carbonyl (C=O) groups is 1. The Morgan fingerprint density at radius 2 is 2.14 bits per heavy atom. The number of benzene rings is 1. The first-order valence-corrected chi connectivity index (χ1v) is 9.58. The maximum Gasteiger partial charge on any atom is 0.165 e. The van der Waals surface area contributed by atoms with Crippen LogP contribution in [0.15, 0.2) is 24.4 Å². The molecule has 1 aliphatic heterocycles. The summed E-state index contributed by atoms with van der Waals surface area (Å²) in [5.74, 6) is -1.76. The first-order valence-electron chi connectivity index (χ1n) is 9.21. The number of imidazole rings is 1. The van der Waals surface area contributed by atoms with E-state index in [1.165, 1.54) is 6.92 Å². The molecule has 28 heavy (non-hydrogen) atoms. The fourth-order valence-corrected chi connectivity index (χ4v) is 3.63. The number of halogens is 3. The van der Waals surface area contributed by atoms with Crippen LogP contribution in [0.1, 0.15) is 41.4 Å². The van der Waals surface area contributed by atoms with Gasteiger partial charge in [-0.15, -0.1) is 0 Å². The molecule has 0 N–H and O–H groups in total. The van der Waals surface area contributed by atoms with Gasteiger partial charge in [0, 0.05) is 35.7 Å². The second-order valence-electron chi connectivity index (χ2n) is 7.03. The van der Waals surface area contributed by atoms with Crippen LogP contribution < -0.4 is 0 Å². The van der Waals surface area contributed by atoms with Crippen LogP contribution in [0.4, 0.5) is 8.78 Å². The van der Waals surface area contributed by atoms with E-state index in [2.05, 4.69) is 4.98 Å². The standard InChI is InChI=1S/C21H19ClF2N2O2/c1-3-4-17(27)14-9-15(23)19(11(2)20(14)24)21-16(8-13-10-28-13)26-6-5-12(22)7-18(26)25-21/h5-7,9,13H,3-4,8,10H2,1-2H3. The smallest absolute Gasteiger partial charge is 0.165 e. The molecule has 146 valence electrons. The Bertz CT molecular complexity index is 1090. The molecule has 1 fully saturated rings. The minimum Gasteiger partial charge on any atom is -0.373 e. The first-order chi connectivity index (χ1) is 13.4. The predicted molar refractivity (Wildman–Crippen MR) is 103 cm³/mol. The number of epoxide rings is 1. The normalized spacial score (nSPS) is 16.0. The van der Waals surface area contributed by atoms with Crippen molar-refractivity contribution in [2.75, 3.05) is 6.61 Å². The molecule has 0 saturated carbocycles. The van der Waals surface area contributed by atoms with Crippen molar-refractivity contribution in [1.29, 1.82) is 0 Å². The zero-order chi connectivity index (χ0) is 20.0. The summed E-state index contributed by atoms with van der Waals surface area (Å²) in [5.41, 5.74) is 1.56. The molecule has 0 bridgehead atoms. The van der Waals surface area contributed by atoms with E-state index in [1.54, 1.807) is 18.3 Å². The molecule has 1 saturated heterocycles. The molecule has 0 spiro atoms. The zero-order valence-electron chi connectivity index (χ0n) is 15.6. The summed E-state index contributed by atoms with van der Waals surface area (Å²) in [7, 11) is 0. The zero-order valence-corrected chi connectivity index (χ0v) is 16.3. The van der Waals surface area contributed by atoms with Crippen molar-refractivity contribution in [3.63, 3.8) is 0 Å². The summed E-state index contributed by atoms with van der Waals surface area (Å²) >= 11 is 6.07. The highest BCUT2D eigenvalue weighted by Gasteiger charge is 2.30. The van der Waals surface area contributed by atoms with Gasteiger partial charge < -0.3 is 9.14 Å². The molecule has 1 aromatic carbocycles. The SMILES string of the molecule is CCCC(=O)c1cc(F)c(-c2nc3cc(Cl)ccn3c2CC2CO2)c(C)c1F. The van der Waals surface area contributed by atoms with E-state index in [1.807, 2.05) is 11.3 Å². The number of Topliss-reactive ketones (excluding diaryl/α,β-unsaturated/α-hetero) is 1. The van der Waals surface area contributed by atoms with Gasteiger partial charge in [0.15, 0.2) is 5.78 Å². The number of hydrogen-bond acceptors (Lipinski definition) is 3. The van der Waals surface area contributed by atoms with Crippen molar-refractivity contribution >= 4 is 23.0 Å². The Kier molecular flexibility index (Phi) is 4.93. The van der Waals surface area contributed by atoms with Crippen LogP contribution in [0, 0.1) is 18.6 Å². The van der Waals surface area contributed by atoms with Gasteiger partial charge in [0.05, 0.1) is 29.7 Å². The van der Waals surface area contributed by atoms with Crippen LogP contribution in [0.2, 0.25) is 5.02 Å². The number of fused-ring (bicyclic) bond motifs is 1. The second kappa shape index (κ2) is 7.26. The van der Waals surface area contributed by atoms with Gasteiger partial charge in [0.25, 0.3) is 0 Å². The summed E-state index contributed by atoms with van der Waals surface area (Å²) in [6, 6.07) is 4.38. The van der Waals surface area contributed by atoms with Gasteiger partial charge in [0.2, 0.25) is 0 Å². The van der Waals surface area contributed by atoms with Gasteiger partial charge in [-0.3, -0.25) is 4.79 Å². The van der Waals surface area contributed by atoms with Crippen LogP contribution in [-0.2, 0) is 11.2 Å². The van der Waals surface area contributed by atoms with Gasteiger partial charge in [-0.2, -0.15) is 0 Å². The van der Waals surface area contributed by atoms with E-state index < -0.39 is 17.4 Å². The van der Waals surface area contributed by atoms with Crippen LogP contribution in [-0.4, -0.2) is 27.9 Å². The molecular formula is C21H19ClF2N2O2. The Morgan fingerprint density at radius 3 is 2.82 bits per heavy atom. The van der Waals surface area contributed by atoms with Crippen LogP contribution in [0.5, 0.6) is 0 Å². The van der Waals surface area contributed by atoms with Gasteiger partial charge in [-0.25, -0.2) is 13.8 Å². The number of aromatic nitrogens is 2. The molecule has 3 aromatic rings. The number of pyridine rings is 1. The topological polar surface area (TPSA) is 46.9 Å². The third-order valence-corrected chi connectivity index (χ3v) is 5.21. The van der Waals surface area contributed by atoms with Crippen molar-refractivity contribution in [1.82, 2.24) is 9.38 Å². The van der Waals surface area contributed by atoms with Gasteiger partial charge in [0.1, 0.15) is 17.3 Å². The van der Waals surface area contributed by atoms with Gasteiger partial charge in [-0.1, -0.05) is 18.5 Å². The van der Waals surface area contributed by atoms with Crippen molar-refractivity contribution in [2.45, 2.75) is 39.2 Å². The van der Waals surface area contributed by atoms with Crippen LogP contribution >= 0.6 is 11.6 Å². The Balaban J connectivity index is 1.92. The maximum atomic E-state index is 15.1. The third-order valence-electron chi connectivity index (χ3n) is 4.98. The summed E-state index contributed by atoms with van der Waals surface area (Å²) < 4.78 is 37.2. The monoisotopic (exact) mass is 404 g/mol. The lowest BCUT2D eigenvalue weighted by atomic mass is 9.96. The molecule has 3 heterocycles. The summed E-state index contributed by atoms with van der Waals surface area (Å²) in [6.07, 6.45) is 3.06. The maximum absolute atomic E-state index is 15.1. The van der Waals surface area contributed by atoms with E-state index in [4.69, 9.17) is 16.3 Å². The molecular weight excluding hydrogens is 386 g/mol. The average Bonchev–Trinajstić information content (AvgIpc) is 3.40. The molecule has 0 radical (unpaired) electrons.